The summed E-state index contributed by atoms with van der Waals surface area (Å²) in [7, 11) is 0. The Bertz CT molecular complexity index is 3090. The lowest BCUT2D eigenvalue weighted by Gasteiger charge is -2.17. The maximum absolute atomic E-state index is 9.62. The summed E-state index contributed by atoms with van der Waals surface area (Å²) in [6.45, 7) is 0. The maximum atomic E-state index is 9.62. The van der Waals surface area contributed by atoms with Gasteiger partial charge in [0.25, 0.3) is 0 Å². The Labute approximate surface area is 235 Å². The van der Waals surface area contributed by atoms with Gasteiger partial charge in [-0.1, -0.05) is 84.6 Å². The van der Waals surface area contributed by atoms with Crippen LogP contribution in [0.2, 0.25) is 0 Å². The van der Waals surface area contributed by atoms with E-state index in [1.54, 1.807) is 0 Å². The molecule has 2 nitrogen and oxygen atoms in total. The van der Waals surface area contributed by atoms with Crippen molar-refractivity contribution in [3.05, 3.63) is 121 Å². The van der Waals surface area contributed by atoms with Crippen molar-refractivity contribution in [2.24, 2.45) is 0 Å². The van der Waals surface area contributed by atoms with Gasteiger partial charge in [-0.2, -0.15) is 0 Å². The molecule has 0 aliphatic heterocycles. The lowest BCUT2D eigenvalue weighted by Crippen LogP contribution is -1.90. The van der Waals surface area contributed by atoms with E-state index in [2.05, 4.69) is 0 Å². The minimum absolute atomic E-state index is 0.226. The third kappa shape index (κ3) is 2.67. The second-order valence-electron chi connectivity index (χ2n) is 7.79. The van der Waals surface area contributed by atoms with Crippen molar-refractivity contribution in [1.29, 1.82) is 0 Å². The molecule has 2 heterocycles. The number of fused-ring (bicyclic) bond motifs is 7. The van der Waals surface area contributed by atoms with Crippen LogP contribution in [-0.4, -0.2) is 0 Å². The quantitative estimate of drug-likeness (QED) is 0.230. The average Bonchev–Trinajstić information content (AvgIpc) is 3.71. The Balaban J connectivity index is 1.76. The van der Waals surface area contributed by atoms with Crippen LogP contribution >= 0.6 is 0 Å². The van der Waals surface area contributed by atoms with E-state index in [0.29, 0.717) is 0 Å². The molecule has 0 spiro atoms. The summed E-state index contributed by atoms with van der Waals surface area (Å²) in [5, 5.41) is -3.14. The monoisotopic (exact) mass is 480 g/mol. The second kappa shape index (κ2) is 7.34. The van der Waals surface area contributed by atoms with Crippen LogP contribution in [0.5, 0.6) is 0 Å². The lowest BCUT2D eigenvalue weighted by molar-refractivity contribution is 0.615. The SMILES string of the molecule is [2H]c1oc2c([2H])c([2H])c3oc4c([2H])c([2H])c(-c5c6c([2H])c([2H])c([2H])c([2H])c6c(-c6c([2H])c([2H])c([2H])c([2H])c6[2H])c6c([2H])c([2H])c([2H])c([2H])c56)c([2H])c4c3c2c1[2H]. The fourth-order valence-corrected chi connectivity index (χ4v) is 4.48. The third-order valence-corrected chi connectivity index (χ3v) is 5.93. The van der Waals surface area contributed by atoms with Crippen LogP contribution < -0.4 is 0 Å². The fourth-order valence-electron chi connectivity index (χ4n) is 4.48. The van der Waals surface area contributed by atoms with Gasteiger partial charge in [-0.05, 0) is 74.0 Å². The Morgan fingerprint density at radius 1 is 0.444 bits per heavy atom. The number of hydrogen-bond donors (Lipinski definition) is 0. The zero-order valence-corrected chi connectivity index (χ0v) is 17.8. The summed E-state index contributed by atoms with van der Waals surface area (Å²) in [5.41, 5.74) is -3.68. The molecule has 36 heavy (non-hydrogen) atoms. The van der Waals surface area contributed by atoms with Crippen molar-refractivity contribution in [1.82, 2.24) is 0 Å². The van der Waals surface area contributed by atoms with Crippen molar-refractivity contribution in [2.75, 3.05) is 0 Å². The first-order valence-corrected chi connectivity index (χ1v) is 10.6. The van der Waals surface area contributed by atoms with E-state index in [1.165, 1.54) is 0 Å². The molecule has 0 amide bonds. The summed E-state index contributed by atoms with van der Waals surface area (Å²) in [6.07, 6.45) is -0.697. The molecular formula is C34H20O2. The van der Waals surface area contributed by atoms with Gasteiger partial charge in [0.1, 0.15) is 18.1 Å². The molecule has 0 N–H and O–H groups in total. The molecular weight excluding hydrogens is 440 g/mol. The first-order chi connectivity index (χ1) is 26.2. The summed E-state index contributed by atoms with van der Waals surface area (Å²) in [4.78, 5) is 0. The molecule has 0 fully saturated rings. The van der Waals surface area contributed by atoms with Crippen LogP contribution in [0.15, 0.2) is 130 Å². The van der Waals surface area contributed by atoms with Crippen LogP contribution in [0.4, 0.5) is 0 Å². The molecule has 0 aliphatic rings. The van der Waals surface area contributed by atoms with Crippen LogP contribution in [-0.2, 0) is 0 Å². The minimum Gasteiger partial charge on any atom is -0.464 e. The van der Waals surface area contributed by atoms with Crippen molar-refractivity contribution in [3.8, 4) is 22.3 Å². The number of benzene rings is 6. The average molecular weight is 481 g/mol. The molecule has 2 heteroatoms. The summed E-state index contributed by atoms with van der Waals surface area (Å²) < 4.78 is 186. The largest absolute Gasteiger partial charge is 0.464 e. The summed E-state index contributed by atoms with van der Waals surface area (Å²) in [5.74, 6) is 0. The Morgan fingerprint density at radius 2 is 1.03 bits per heavy atom. The normalized spacial score (nSPS) is 19.7. The molecule has 8 rings (SSSR count). The van der Waals surface area contributed by atoms with Gasteiger partial charge in [0.15, 0.2) is 0 Å². The molecule has 0 saturated carbocycles. The Hall–Kier alpha value is -4.82. The van der Waals surface area contributed by atoms with Crippen molar-refractivity contribution in [2.45, 2.75) is 0 Å². The third-order valence-electron chi connectivity index (χ3n) is 5.93. The minimum atomic E-state index is -0.876. The van der Waals surface area contributed by atoms with Crippen molar-refractivity contribution >= 4 is 54.5 Å². The smallest absolute Gasteiger partial charge is 0.136 e. The van der Waals surface area contributed by atoms with E-state index in [4.69, 9.17) is 30.8 Å². The predicted molar refractivity (Wildman–Crippen MR) is 149 cm³/mol. The maximum Gasteiger partial charge on any atom is 0.136 e. The second-order valence-corrected chi connectivity index (χ2v) is 7.79. The molecule has 2 aromatic heterocycles. The van der Waals surface area contributed by atoms with Gasteiger partial charge in [-0.25, -0.2) is 0 Å². The standard InChI is InChI=1S/C34H20O2/c1-2-8-21(9-3-1)32-23-10-4-6-12-25(23)33(26-13-7-5-11-24(26)32)22-14-15-30-28(20-22)34-27-18-19-35-29(27)16-17-31(34)36-30/h1-20H/i1D,2D,3D,4D,5D,6D,7D,8D,9D,10D,11D,12D,13D,14D,15D,16D,17D,18D,19D,20D. The molecule has 6 aromatic carbocycles. The van der Waals surface area contributed by atoms with Crippen LogP contribution in [0, 0.1) is 0 Å². The van der Waals surface area contributed by atoms with E-state index in [-0.39, 0.29) is 21.7 Å². The van der Waals surface area contributed by atoms with Crippen LogP contribution in [0.3, 0.4) is 0 Å². The first-order valence-electron chi connectivity index (χ1n) is 20.6. The first kappa shape index (κ1) is 8.39. The van der Waals surface area contributed by atoms with Crippen LogP contribution in [0.25, 0.3) is 76.7 Å². The van der Waals surface area contributed by atoms with Gasteiger partial charge in [-0.15, -0.1) is 0 Å². The molecule has 0 bridgehead atoms. The van der Waals surface area contributed by atoms with Crippen molar-refractivity contribution < 1.29 is 36.2 Å². The highest BCUT2D eigenvalue weighted by Gasteiger charge is 2.18. The van der Waals surface area contributed by atoms with Crippen LogP contribution in [0.1, 0.15) is 27.4 Å². The van der Waals surface area contributed by atoms with Gasteiger partial charge < -0.3 is 8.83 Å². The molecule has 8 aromatic rings. The van der Waals surface area contributed by atoms with Gasteiger partial charge in [0.2, 0.25) is 0 Å². The van der Waals surface area contributed by atoms with Gasteiger partial charge in [0.05, 0.1) is 32.3 Å². The molecule has 0 saturated heterocycles. The Morgan fingerprint density at radius 3 is 1.72 bits per heavy atom. The van der Waals surface area contributed by atoms with E-state index >= 15 is 0 Å². The zero-order valence-electron chi connectivity index (χ0n) is 37.8. The topological polar surface area (TPSA) is 26.3 Å². The molecule has 0 atom stereocenters. The van der Waals surface area contributed by atoms with E-state index in [0.717, 1.165) is 0 Å². The molecule has 0 unspecified atom stereocenters. The summed E-state index contributed by atoms with van der Waals surface area (Å²) in [6, 6.07) is -15.3. The van der Waals surface area contributed by atoms with E-state index < -0.39 is 176 Å². The molecule has 0 radical (unpaired) electrons. The zero-order chi connectivity index (χ0) is 41.0. The number of furan rings is 2. The highest BCUT2D eigenvalue weighted by molar-refractivity contribution is 6.23. The Kier molecular flexibility index (Phi) is 1.71. The molecule has 168 valence electrons. The van der Waals surface area contributed by atoms with Gasteiger partial charge in [-0.3, -0.25) is 0 Å². The number of hydrogen-bond acceptors (Lipinski definition) is 2. The fraction of sp³-hybridized carbons (Fsp3) is 0. The van der Waals surface area contributed by atoms with E-state index in [9.17, 15) is 5.48 Å². The lowest BCUT2D eigenvalue weighted by atomic mass is 9.86. The molecule has 0 aliphatic carbocycles. The highest BCUT2D eigenvalue weighted by Crippen LogP contribution is 2.45. The van der Waals surface area contributed by atoms with Crippen molar-refractivity contribution in [3.63, 3.8) is 0 Å². The predicted octanol–water partition coefficient (Wildman–Crippen LogP) is 9.97. The number of rotatable bonds is 2. The van der Waals surface area contributed by atoms with Gasteiger partial charge in [0, 0.05) is 16.2 Å². The van der Waals surface area contributed by atoms with E-state index in [1.807, 2.05) is 0 Å². The highest BCUT2D eigenvalue weighted by atomic mass is 16.3. The van der Waals surface area contributed by atoms with Gasteiger partial charge >= 0.3 is 0 Å². The summed E-state index contributed by atoms with van der Waals surface area (Å²) >= 11 is 0.